The summed E-state index contributed by atoms with van der Waals surface area (Å²) < 4.78 is 10.4. The van der Waals surface area contributed by atoms with Crippen LogP contribution in [0.5, 0.6) is 0 Å². The SMILES string of the molecule is CC(C)[C@H](NC(=O)OC(C)(C)C)C(=O)N(CCN(C)C)Cc1ccccc1.CC(C)[C@H](NC(=O)OC(C)(C)C)C(=O)ON1C(=O)CCC1=O.CN(C)CCNCc1ccccc1. The standard InChI is InChI=1S/C21H35N3O3.C14H22N2O6.C11H18N2/c1-16(2)18(22-20(26)27-21(3,4)5)19(25)24(14-13-23(6)7)15-17-11-9-8-10-12-17;1-8(2)11(15-13(20)21-14(3,4)5)12(19)22-16-9(17)6-7-10(16)18;1-13(2)9-8-12-10-11-6-4-3-5-7-11/h8-12,16,18H,13-15H2,1-7H3,(H,22,26);8,11H,6-7H2,1-5H3,(H,15,20);3-7,12H,8-10H2,1-2H3/t18-;11-;/m00./s1. The summed E-state index contributed by atoms with van der Waals surface area (Å²) in [5.74, 6) is -2.49. The maximum absolute atomic E-state index is 13.2. The van der Waals surface area contributed by atoms with Crippen molar-refractivity contribution in [2.75, 3.05) is 54.4 Å². The van der Waals surface area contributed by atoms with Gasteiger partial charge in [-0.25, -0.2) is 14.4 Å². The van der Waals surface area contributed by atoms with Gasteiger partial charge in [-0.15, -0.1) is 5.06 Å². The van der Waals surface area contributed by atoms with Crippen molar-refractivity contribution < 1.29 is 43.1 Å². The van der Waals surface area contributed by atoms with Crippen LogP contribution in [-0.4, -0.2) is 133 Å². The van der Waals surface area contributed by atoms with E-state index in [4.69, 9.17) is 14.3 Å². The highest BCUT2D eigenvalue weighted by atomic mass is 16.7. The van der Waals surface area contributed by atoms with Crippen LogP contribution in [0, 0.1) is 11.8 Å². The van der Waals surface area contributed by atoms with E-state index < -0.39 is 53.3 Å². The van der Waals surface area contributed by atoms with Crippen molar-refractivity contribution in [3.63, 3.8) is 0 Å². The summed E-state index contributed by atoms with van der Waals surface area (Å²) in [6.45, 7) is 22.6. The Morgan fingerprint density at radius 1 is 0.645 bits per heavy atom. The Kier molecular flexibility index (Phi) is 24.0. The highest BCUT2D eigenvalue weighted by Gasteiger charge is 2.37. The van der Waals surface area contributed by atoms with E-state index in [9.17, 15) is 28.8 Å². The first kappa shape index (κ1) is 55.0. The molecule has 2 aromatic rings. The molecule has 2 atom stereocenters. The molecule has 3 rings (SSSR count). The fourth-order valence-corrected chi connectivity index (χ4v) is 5.40. The number of hydrogen-bond acceptors (Lipinski definition) is 12. The van der Waals surface area contributed by atoms with Gasteiger partial charge in [-0.3, -0.25) is 14.4 Å². The quantitative estimate of drug-likeness (QED) is 0.133. The monoisotopic (exact) mass is 870 g/mol. The Bertz CT molecular complexity index is 1660. The number of likely N-dealkylation sites (N-methyl/N-ethyl adjacent to an activating group) is 2. The molecule has 0 saturated carbocycles. The molecule has 2 aromatic carbocycles. The Morgan fingerprint density at radius 2 is 1.08 bits per heavy atom. The van der Waals surface area contributed by atoms with E-state index in [-0.39, 0.29) is 30.6 Å². The van der Waals surface area contributed by atoms with Crippen molar-refractivity contribution in [2.45, 2.75) is 118 Å². The molecule has 0 aliphatic carbocycles. The van der Waals surface area contributed by atoms with Gasteiger partial charge in [0.25, 0.3) is 11.8 Å². The topological polar surface area (TPSA) is 179 Å². The van der Waals surface area contributed by atoms with Crippen molar-refractivity contribution in [1.29, 1.82) is 0 Å². The molecular formula is C46H75N7O9. The van der Waals surface area contributed by atoms with Crippen LogP contribution in [0.15, 0.2) is 60.7 Å². The van der Waals surface area contributed by atoms with Crippen LogP contribution in [-0.2, 0) is 46.6 Å². The van der Waals surface area contributed by atoms with Crippen LogP contribution in [0.25, 0.3) is 0 Å². The number of ether oxygens (including phenoxy) is 2. The Labute approximate surface area is 370 Å². The molecule has 0 aromatic heterocycles. The highest BCUT2D eigenvalue weighted by molar-refractivity contribution is 6.02. The minimum absolute atomic E-state index is 0.0119. The summed E-state index contributed by atoms with van der Waals surface area (Å²) in [5.41, 5.74) is 1.09. The molecule has 1 aliphatic heterocycles. The van der Waals surface area contributed by atoms with Gasteiger partial charge in [-0.05, 0) is 92.7 Å². The molecule has 3 N–H and O–H groups in total. The summed E-state index contributed by atoms with van der Waals surface area (Å²) in [7, 11) is 8.13. The molecule has 348 valence electrons. The minimum Gasteiger partial charge on any atom is -0.444 e. The van der Waals surface area contributed by atoms with Crippen LogP contribution < -0.4 is 16.0 Å². The minimum atomic E-state index is -1.03. The van der Waals surface area contributed by atoms with Crippen LogP contribution in [0.3, 0.4) is 0 Å². The van der Waals surface area contributed by atoms with Gasteiger partial charge in [0.1, 0.15) is 23.3 Å². The maximum Gasteiger partial charge on any atom is 0.408 e. The van der Waals surface area contributed by atoms with Crippen molar-refractivity contribution >= 4 is 35.9 Å². The molecule has 5 amide bonds. The summed E-state index contributed by atoms with van der Waals surface area (Å²) in [5, 5.41) is 9.00. The van der Waals surface area contributed by atoms with Crippen LogP contribution in [0.4, 0.5) is 9.59 Å². The second-order valence-electron chi connectivity index (χ2n) is 18.2. The molecule has 62 heavy (non-hydrogen) atoms. The first-order chi connectivity index (χ1) is 28.8. The second kappa shape index (κ2) is 27.1. The predicted octanol–water partition coefficient (Wildman–Crippen LogP) is 5.61. The molecule has 1 heterocycles. The third kappa shape index (κ3) is 23.8. The number of imide groups is 1. The van der Waals surface area contributed by atoms with Crippen molar-refractivity contribution in [3.8, 4) is 0 Å². The Hall–Kier alpha value is -5.06. The lowest BCUT2D eigenvalue weighted by molar-refractivity contribution is -0.199. The average Bonchev–Trinajstić information content (AvgIpc) is 3.47. The van der Waals surface area contributed by atoms with Crippen LogP contribution >= 0.6 is 0 Å². The molecule has 0 spiro atoms. The molecule has 0 bridgehead atoms. The fraction of sp³-hybridized carbons (Fsp3) is 0.609. The number of benzene rings is 2. The zero-order valence-corrected chi connectivity index (χ0v) is 39.7. The molecule has 16 heteroatoms. The number of hydroxylamine groups is 2. The third-order valence-corrected chi connectivity index (χ3v) is 8.64. The lowest BCUT2D eigenvalue weighted by Gasteiger charge is -2.31. The van der Waals surface area contributed by atoms with E-state index in [0.717, 1.165) is 31.7 Å². The third-order valence-electron chi connectivity index (χ3n) is 8.64. The largest absolute Gasteiger partial charge is 0.444 e. The van der Waals surface area contributed by atoms with Gasteiger partial charge in [0.15, 0.2) is 0 Å². The van der Waals surface area contributed by atoms with E-state index in [0.29, 0.717) is 18.2 Å². The zero-order valence-electron chi connectivity index (χ0n) is 39.7. The first-order valence-electron chi connectivity index (χ1n) is 21.2. The lowest BCUT2D eigenvalue weighted by Crippen LogP contribution is -2.52. The maximum atomic E-state index is 13.2. The van der Waals surface area contributed by atoms with E-state index in [1.165, 1.54) is 5.56 Å². The van der Waals surface area contributed by atoms with Gasteiger partial charge in [0.05, 0.1) is 0 Å². The van der Waals surface area contributed by atoms with E-state index >= 15 is 0 Å². The normalized spacial score (nSPS) is 13.7. The lowest BCUT2D eigenvalue weighted by atomic mass is 10.0. The summed E-state index contributed by atoms with van der Waals surface area (Å²) in [4.78, 5) is 83.0. The number of nitrogens with one attached hydrogen (secondary N) is 3. The molecule has 16 nitrogen and oxygen atoms in total. The van der Waals surface area contributed by atoms with Gasteiger partial charge in [-0.1, -0.05) is 88.4 Å². The molecule has 0 unspecified atom stereocenters. The number of nitrogens with zero attached hydrogens (tertiary/aromatic N) is 4. The molecule has 0 radical (unpaired) electrons. The predicted molar refractivity (Wildman–Crippen MR) is 240 cm³/mol. The number of carbonyl (C=O) groups excluding carboxylic acids is 6. The van der Waals surface area contributed by atoms with E-state index in [2.05, 4.69) is 59.2 Å². The molecule has 1 aliphatic rings. The van der Waals surface area contributed by atoms with Gasteiger partial charge in [-0.2, -0.15) is 0 Å². The van der Waals surface area contributed by atoms with Crippen molar-refractivity contribution in [1.82, 2.24) is 35.7 Å². The summed E-state index contributed by atoms with van der Waals surface area (Å²) in [6, 6.07) is 18.7. The van der Waals surface area contributed by atoms with Gasteiger partial charge in [0, 0.05) is 52.1 Å². The smallest absolute Gasteiger partial charge is 0.408 e. The van der Waals surface area contributed by atoms with E-state index in [1.807, 2.05) is 69.2 Å². The Balaban J connectivity index is 0.000000492. The number of carbonyl (C=O) groups is 6. The molecule has 1 saturated heterocycles. The van der Waals surface area contributed by atoms with Crippen LogP contribution in [0.2, 0.25) is 0 Å². The highest BCUT2D eigenvalue weighted by Crippen LogP contribution is 2.16. The van der Waals surface area contributed by atoms with Crippen LogP contribution in [0.1, 0.15) is 93.2 Å². The second-order valence-corrected chi connectivity index (χ2v) is 18.2. The summed E-state index contributed by atoms with van der Waals surface area (Å²) in [6.07, 6.45) is -1.32. The number of hydrogen-bond donors (Lipinski definition) is 3. The average molecular weight is 870 g/mol. The van der Waals surface area contributed by atoms with Gasteiger partial charge < -0.3 is 45.0 Å². The fourth-order valence-electron chi connectivity index (χ4n) is 5.40. The van der Waals surface area contributed by atoms with E-state index in [1.54, 1.807) is 60.3 Å². The molecular weight excluding hydrogens is 795 g/mol. The number of amides is 5. The number of alkyl carbamates (subject to hydrolysis) is 2. The Morgan fingerprint density at radius 3 is 1.50 bits per heavy atom. The van der Waals surface area contributed by atoms with Crippen molar-refractivity contribution in [3.05, 3.63) is 71.8 Å². The zero-order chi connectivity index (χ0) is 47.2. The number of rotatable bonds is 17. The summed E-state index contributed by atoms with van der Waals surface area (Å²) >= 11 is 0. The van der Waals surface area contributed by atoms with Gasteiger partial charge >= 0.3 is 18.2 Å². The first-order valence-corrected chi connectivity index (χ1v) is 21.2. The molecule has 1 fully saturated rings. The van der Waals surface area contributed by atoms with Crippen molar-refractivity contribution in [2.24, 2.45) is 11.8 Å². The van der Waals surface area contributed by atoms with Gasteiger partial charge in [0.2, 0.25) is 5.91 Å².